The van der Waals surface area contributed by atoms with Gasteiger partial charge in [-0.1, -0.05) is 20.8 Å². The molecule has 2 aliphatic rings. The SMILES string of the molecule is CC(C)(C)CCN1CC2(C1)CN(C(C)(C)C)C2. The molecule has 0 radical (unpaired) electrons. The molecule has 0 bridgehead atoms. The number of hydrogen-bond donors (Lipinski definition) is 0. The molecule has 0 aromatic carbocycles. The lowest BCUT2D eigenvalue weighted by atomic mass is 9.70. The second-order valence-corrected chi connectivity index (χ2v) is 8.55. The fourth-order valence-electron chi connectivity index (χ4n) is 2.99. The van der Waals surface area contributed by atoms with Crippen molar-refractivity contribution in [3.05, 3.63) is 0 Å². The van der Waals surface area contributed by atoms with Gasteiger partial charge in [0.05, 0.1) is 0 Å². The largest absolute Gasteiger partial charge is 0.302 e. The number of nitrogens with zero attached hydrogens (tertiary/aromatic N) is 2. The van der Waals surface area contributed by atoms with E-state index in [1.54, 1.807) is 0 Å². The molecule has 0 aliphatic carbocycles. The third-order valence-electron chi connectivity index (χ3n) is 4.30. The Hall–Kier alpha value is -0.0800. The van der Waals surface area contributed by atoms with E-state index in [4.69, 9.17) is 0 Å². The first-order valence-electron chi connectivity index (χ1n) is 7.07. The van der Waals surface area contributed by atoms with Gasteiger partial charge in [-0.05, 0) is 39.2 Å². The van der Waals surface area contributed by atoms with Gasteiger partial charge in [-0.2, -0.15) is 0 Å². The smallest absolute Gasteiger partial charge is 0.0212 e. The average molecular weight is 238 g/mol. The van der Waals surface area contributed by atoms with E-state index in [2.05, 4.69) is 51.3 Å². The molecule has 2 nitrogen and oxygen atoms in total. The van der Waals surface area contributed by atoms with Crippen molar-refractivity contribution in [3.8, 4) is 0 Å². The van der Waals surface area contributed by atoms with Crippen molar-refractivity contribution in [1.29, 1.82) is 0 Å². The van der Waals surface area contributed by atoms with Crippen LogP contribution in [0.2, 0.25) is 0 Å². The minimum Gasteiger partial charge on any atom is -0.302 e. The topological polar surface area (TPSA) is 6.48 Å². The third-order valence-corrected chi connectivity index (χ3v) is 4.30. The normalized spacial score (nSPS) is 25.8. The van der Waals surface area contributed by atoms with Crippen LogP contribution in [0.25, 0.3) is 0 Å². The van der Waals surface area contributed by atoms with Crippen LogP contribution in [0, 0.1) is 10.8 Å². The zero-order valence-corrected chi connectivity index (χ0v) is 12.6. The van der Waals surface area contributed by atoms with Crippen molar-refractivity contribution in [2.45, 2.75) is 53.5 Å². The van der Waals surface area contributed by atoms with Crippen LogP contribution in [-0.2, 0) is 0 Å². The lowest BCUT2D eigenvalue weighted by Crippen LogP contribution is -2.74. The van der Waals surface area contributed by atoms with Gasteiger partial charge in [0.2, 0.25) is 0 Å². The standard InChI is InChI=1S/C15H30N2/c1-13(2,3)7-8-16-9-15(10-16)11-17(12-15)14(4,5)6/h7-12H2,1-6H3. The van der Waals surface area contributed by atoms with Gasteiger partial charge < -0.3 is 4.90 Å². The van der Waals surface area contributed by atoms with Crippen LogP contribution in [0.4, 0.5) is 0 Å². The van der Waals surface area contributed by atoms with Crippen molar-refractivity contribution in [3.63, 3.8) is 0 Å². The lowest BCUT2D eigenvalue weighted by Gasteiger charge is -2.63. The van der Waals surface area contributed by atoms with Crippen molar-refractivity contribution in [2.75, 3.05) is 32.7 Å². The highest BCUT2D eigenvalue weighted by Crippen LogP contribution is 2.42. The summed E-state index contributed by atoms with van der Waals surface area (Å²) in [6, 6.07) is 0. The highest BCUT2D eigenvalue weighted by Gasteiger charge is 2.53. The first-order valence-corrected chi connectivity index (χ1v) is 7.07. The molecule has 0 aromatic heterocycles. The summed E-state index contributed by atoms with van der Waals surface area (Å²) in [7, 11) is 0. The fraction of sp³-hybridized carbons (Fsp3) is 1.00. The third kappa shape index (κ3) is 3.03. The second kappa shape index (κ2) is 3.96. The minimum atomic E-state index is 0.372. The van der Waals surface area contributed by atoms with E-state index in [0.717, 1.165) is 0 Å². The highest BCUT2D eigenvalue weighted by atomic mass is 15.3. The van der Waals surface area contributed by atoms with Crippen LogP contribution in [0.3, 0.4) is 0 Å². The Morgan fingerprint density at radius 1 is 0.882 bits per heavy atom. The van der Waals surface area contributed by atoms with Gasteiger partial charge in [-0.25, -0.2) is 0 Å². The van der Waals surface area contributed by atoms with E-state index in [0.29, 0.717) is 16.4 Å². The molecule has 0 N–H and O–H groups in total. The van der Waals surface area contributed by atoms with Gasteiger partial charge >= 0.3 is 0 Å². The Labute approximate surface area is 107 Å². The van der Waals surface area contributed by atoms with E-state index >= 15 is 0 Å². The predicted octanol–water partition coefficient (Wildman–Crippen LogP) is 2.84. The summed E-state index contributed by atoms with van der Waals surface area (Å²) in [5.41, 5.74) is 1.53. The van der Waals surface area contributed by atoms with Gasteiger partial charge in [0.15, 0.2) is 0 Å². The predicted molar refractivity (Wildman–Crippen MR) is 74.3 cm³/mol. The second-order valence-electron chi connectivity index (χ2n) is 8.55. The first kappa shape index (κ1) is 13.4. The van der Waals surface area contributed by atoms with E-state index < -0.39 is 0 Å². The van der Waals surface area contributed by atoms with Gasteiger partial charge in [-0.15, -0.1) is 0 Å². The molecule has 2 heterocycles. The molecule has 100 valence electrons. The van der Waals surface area contributed by atoms with Crippen molar-refractivity contribution < 1.29 is 0 Å². The molecule has 2 saturated heterocycles. The molecule has 0 aromatic rings. The monoisotopic (exact) mass is 238 g/mol. The summed E-state index contributed by atoms with van der Waals surface area (Å²) in [6.07, 6.45) is 1.33. The summed E-state index contributed by atoms with van der Waals surface area (Å²) in [4.78, 5) is 5.26. The number of likely N-dealkylation sites (tertiary alicyclic amines) is 2. The summed E-state index contributed by atoms with van der Waals surface area (Å²) >= 11 is 0. The van der Waals surface area contributed by atoms with Crippen LogP contribution < -0.4 is 0 Å². The Balaban J connectivity index is 1.68. The van der Waals surface area contributed by atoms with Gasteiger partial charge in [0, 0.05) is 37.1 Å². The van der Waals surface area contributed by atoms with Crippen LogP contribution in [-0.4, -0.2) is 48.1 Å². The molecule has 0 amide bonds. The van der Waals surface area contributed by atoms with Crippen LogP contribution in [0.5, 0.6) is 0 Å². The van der Waals surface area contributed by atoms with E-state index in [9.17, 15) is 0 Å². The number of hydrogen-bond acceptors (Lipinski definition) is 2. The summed E-state index contributed by atoms with van der Waals surface area (Å²) in [6.45, 7) is 20.6. The molecule has 0 unspecified atom stereocenters. The molecule has 2 heteroatoms. The maximum Gasteiger partial charge on any atom is 0.0212 e. The Bertz CT molecular complexity index is 268. The Morgan fingerprint density at radius 3 is 1.82 bits per heavy atom. The van der Waals surface area contributed by atoms with Crippen LogP contribution in [0.1, 0.15) is 48.0 Å². The molecule has 0 atom stereocenters. The van der Waals surface area contributed by atoms with Gasteiger partial charge in [0.25, 0.3) is 0 Å². The molecule has 1 spiro atoms. The van der Waals surface area contributed by atoms with E-state index in [-0.39, 0.29) is 0 Å². The van der Waals surface area contributed by atoms with Crippen molar-refractivity contribution >= 4 is 0 Å². The summed E-state index contributed by atoms with van der Waals surface area (Å²) in [5, 5.41) is 0. The quantitative estimate of drug-likeness (QED) is 0.730. The van der Waals surface area contributed by atoms with Gasteiger partial charge in [0.1, 0.15) is 0 Å². The minimum absolute atomic E-state index is 0.372. The van der Waals surface area contributed by atoms with Crippen molar-refractivity contribution in [2.24, 2.45) is 10.8 Å². The Kier molecular flexibility index (Phi) is 3.11. The van der Waals surface area contributed by atoms with Crippen LogP contribution in [0.15, 0.2) is 0 Å². The van der Waals surface area contributed by atoms with Crippen molar-refractivity contribution in [1.82, 2.24) is 9.80 Å². The molecule has 2 rings (SSSR count). The number of rotatable bonds is 2. The molecule has 0 saturated carbocycles. The van der Waals surface area contributed by atoms with Crippen LogP contribution >= 0.6 is 0 Å². The maximum atomic E-state index is 2.64. The Morgan fingerprint density at radius 2 is 1.41 bits per heavy atom. The summed E-state index contributed by atoms with van der Waals surface area (Å²) in [5.74, 6) is 0. The lowest BCUT2D eigenvalue weighted by molar-refractivity contribution is -0.145. The molecule has 2 aliphatic heterocycles. The van der Waals surface area contributed by atoms with Gasteiger partial charge in [-0.3, -0.25) is 4.90 Å². The fourth-order valence-corrected chi connectivity index (χ4v) is 2.99. The molecular weight excluding hydrogens is 208 g/mol. The molecule has 2 fully saturated rings. The maximum absolute atomic E-state index is 2.64. The highest BCUT2D eigenvalue weighted by molar-refractivity contribution is 5.08. The summed E-state index contributed by atoms with van der Waals surface area (Å²) < 4.78 is 0. The molecular formula is C15H30N2. The zero-order chi connectivity index (χ0) is 12.9. The molecule has 17 heavy (non-hydrogen) atoms. The average Bonchev–Trinajstić information content (AvgIpc) is 1.92. The first-order chi connectivity index (χ1) is 7.60. The van der Waals surface area contributed by atoms with E-state index in [1.165, 1.54) is 39.1 Å². The van der Waals surface area contributed by atoms with E-state index in [1.807, 2.05) is 0 Å². The zero-order valence-electron chi connectivity index (χ0n) is 12.6.